The van der Waals surface area contributed by atoms with Crippen molar-refractivity contribution in [3.8, 4) is 11.1 Å². The molecule has 0 saturated carbocycles. The number of hydrogen-bond acceptors (Lipinski definition) is 8. The summed E-state index contributed by atoms with van der Waals surface area (Å²) in [6.45, 7) is 5.83. The van der Waals surface area contributed by atoms with Crippen molar-refractivity contribution in [1.82, 2.24) is 9.97 Å². The fraction of sp³-hybridized carbons (Fsp3) is 0.217. The van der Waals surface area contributed by atoms with Gasteiger partial charge in [0.05, 0.1) is 23.3 Å². The van der Waals surface area contributed by atoms with E-state index in [-0.39, 0.29) is 18.3 Å². The first kappa shape index (κ1) is 22.4. The summed E-state index contributed by atoms with van der Waals surface area (Å²) in [4.78, 5) is 35.8. The Balaban J connectivity index is 1.54. The number of fused-ring (bicyclic) bond motifs is 1. The number of hydrogen-bond donors (Lipinski definition) is 1. The van der Waals surface area contributed by atoms with Crippen molar-refractivity contribution >= 4 is 61.5 Å². The van der Waals surface area contributed by atoms with Crippen LogP contribution in [0.15, 0.2) is 47.1 Å². The normalized spacial score (nSPS) is 11.0. The first-order valence-corrected chi connectivity index (χ1v) is 12.6. The number of carbonyl (C=O) groups excluding carboxylic acids is 2. The second kappa shape index (κ2) is 9.81. The van der Waals surface area contributed by atoms with Crippen LogP contribution in [0.3, 0.4) is 0 Å². The molecule has 0 aliphatic heterocycles. The van der Waals surface area contributed by atoms with Crippen LogP contribution in [0.2, 0.25) is 0 Å². The van der Waals surface area contributed by atoms with Crippen LogP contribution in [0, 0.1) is 13.8 Å². The van der Waals surface area contributed by atoms with Crippen LogP contribution in [0.4, 0.5) is 5.00 Å². The summed E-state index contributed by atoms with van der Waals surface area (Å²) in [5.74, 6) is -0.459. The number of esters is 1. The largest absolute Gasteiger partial charge is 0.462 e. The van der Waals surface area contributed by atoms with Gasteiger partial charge >= 0.3 is 5.97 Å². The Morgan fingerprint density at radius 3 is 2.69 bits per heavy atom. The molecule has 164 valence electrons. The first-order chi connectivity index (χ1) is 15.5. The number of rotatable bonds is 7. The molecule has 1 N–H and O–H groups in total. The average Bonchev–Trinajstić information content (AvgIpc) is 3.34. The second-order valence-electron chi connectivity index (χ2n) is 6.92. The quantitative estimate of drug-likeness (QED) is 0.199. The highest BCUT2D eigenvalue weighted by Gasteiger charge is 2.22. The molecule has 0 aliphatic rings. The standard InChI is InChI=1S/C23H21N3O3S3/c1-4-29-23(28)18-13(2)14(3)32-22(18)26-17(27)11-31-21-19-16(15-8-6-5-7-9-15)10-30-20(19)24-12-25-21/h5-10,12H,4,11H2,1-3H3,(H,26,27). The SMILES string of the molecule is CCOC(=O)c1c(NC(=O)CSc2ncnc3scc(-c4ccccc4)c23)sc(C)c1C. The van der Waals surface area contributed by atoms with Gasteiger partial charge in [0, 0.05) is 15.8 Å². The van der Waals surface area contributed by atoms with E-state index in [1.165, 1.54) is 29.4 Å². The average molecular weight is 484 g/mol. The molecule has 3 aromatic heterocycles. The lowest BCUT2D eigenvalue weighted by molar-refractivity contribution is -0.113. The van der Waals surface area contributed by atoms with Crippen LogP contribution < -0.4 is 5.32 Å². The van der Waals surface area contributed by atoms with E-state index in [1.807, 2.05) is 44.2 Å². The van der Waals surface area contributed by atoms with E-state index in [0.29, 0.717) is 10.6 Å². The molecule has 0 radical (unpaired) electrons. The maximum Gasteiger partial charge on any atom is 0.341 e. The van der Waals surface area contributed by atoms with Crippen LogP contribution in [0.1, 0.15) is 27.7 Å². The van der Waals surface area contributed by atoms with Crippen LogP contribution >= 0.6 is 34.4 Å². The van der Waals surface area contributed by atoms with Gasteiger partial charge in [-0.3, -0.25) is 4.79 Å². The van der Waals surface area contributed by atoms with Gasteiger partial charge in [-0.2, -0.15) is 0 Å². The lowest BCUT2D eigenvalue weighted by atomic mass is 10.1. The third-order valence-electron chi connectivity index (χ3n) is 4.88. The van der Waals surface area contributed by atoms with E-state index in [0.717, 1.165) is 36.8 Å². The summed E-state index contributed by atoms with van der Waals surface area (Å²) >= 11 is 4.30. The van der Waals surface area contributed by atoms with Gasteiger partial charge in [0.2, 0.25) is 5.91 Å². The van der Waals surface area contributed by atoms with Gasteiger partial charge in [-0.05, 0) is 31.9 Å². The van der Waals surface area contributed by atoms with E-state index < -0.39 is 5.97 Å². The van der Waals surface area contributed by atoms with Gasteiger partial charge in [-0.1, -0.05) is 42.1 Å². The lowest BCUT2D eigenvalue weighted by Crippen LogP contribution is -2.16. The zero-order valence-electron chi connectivity index (χ0n) is 17.8. The van der Waals surface area contributed by atoms with E-state index >= 15 is 0 Å². The molecular weight excluding hydrogens is 462 g/mol. The number of amides is 1. The molecule has 4 aromatic rings. The van der Waals surface area contributed by atoms with Gasteiger partial charge in [0.15, 0.2) is 0 Å². The fourth-order valence-electron chi connectivity index (χ4n) is 3.25. The second-order valence-corrected chi connectivity index (χ2v) is 9.97. The monoisotopic (exact) mass is 483 g/mol. The number of anilines is 1. The molecule has 0 saturated heterocycles. The number of nitrogens with one attached hydrogen (secondary N) is 1. The van der Waals surface area contributed by atoms with Crippen LogP contribution in [-0.4, -0.2) is 34.2 Å². The Morgan fingerprint density at radius 1 is 1.16 bits per heavy atom. The van der Waals surface area contributed by atoms with Gasteiger partial charge in [0.25, 0.3) is 0 Å². The molecule has 1 aromatic carbocycles. The maximum atomic E-state index is 12.8. The Bertz CT molecular complexity index is 1280. The minimum absolute atomic E-state index is 0.161. The molecule has 0 unspecified atom stereocenters. The van der Waals surface area contributed by atoms with Crippen molar-refractivity contribution in [3.05, 3.63) is 58.0 Å². The maximum absolute atomic E-state index is 12.8. The molecule has 1 amide bonds. The predicted octanol–water partition coefficient (Wildman–Crippen LogP) is 5.94. The number of nitrogens with zero attached hydrogens (tertiary/aromatic N) is 2. The van der Waals surface area contributed by atoms with Crippen molar-refractivity contribution in [2.75, 3.05) is 17.7 Å². The number of aromatic nitrogens is 2. The van der Waals surface area contributed by atoms with E-state index in [2.05, 4.69) is 20.7 Å². The molecule has 0 aliphatic carbocycles. The summed E-state index contributed by atoms with van der Waals surface area (Å²) in [5.41, 5.74) is 3.41. The zero-order chi connectivity index (χ0) is 22.7. The Kier molecular flexibility index (Phi) is 6.88. The van der Waals surface area contributed by atoms with Gasteiger partial charge in [0.1, 0.15) is 21.2 Å². The number of thioether (sulfide) groups is 1. The van der Waals surface area contributed by atoms with Crippen molar-refractivity contribution in [2.45, 2.75) is 25.8 Å². The van der Waals surface area contributed by atoms with E-state index in [9.17, 15) is 9.59 Å². The van der Waals surface area contributed by atoms with Gasteiger partial charge < -0.3 is 10.1 Å². The van der Waals surface area contributed by atoms with Crippen molar-refractivity contribution in [1.29, 1.82) is 0 Å². The molecular formula is C23H21N3O3S3. The van der Waals surface area contributed by atoms with Crippen LogP contribution in [-0.2, 0) is 9.53 Å². The minimum Gasteiger partial charge on any atom is -0.462 e. The zero-order valence-corrected chi connectivity index (χ0v) is 20.2. The number of thiophene rings is 2. The van der Waals surface area contributed by atoms with Crippen molar-refractivity contribution in [2.24, 2.45) is 0 Å². The summed E-state index contributed by atoms with van der Waals surface area (Å²) in [5, 5.41) is 7.20. The lowest BCUT2D eigenvalue weighted by Gasteiger charge is -2.08. The summed E-state index contributed by atoms with van der Waals surface area (Å²) < 4.78 is 5.16. The topological polar surface area (TPSA) is 81.2 Å². The molecule has 9 heteroatoms. The molecule has 0 spiro atoms. The first-order valence-electron chi connectivity index (χ1n) is 9.97. The predicted molar refractivity (Wildman–Crippen MR) is 132 cm³/mol. The molecule has 0 atom stereocenters. The van der Waals surface area contributed by atoms with Gasteiger partial charge in [-0.15, -0.1) is 22.7 Å². The molecule has 0 fully saturated rings. The highest BCUT2D eigenvalue weighted by Crippen LogP contribution is 2.38. The third-order valence-corrected chi connectivity index (χ3v) is 7.88. The number of benzene rings is 1. The van der Waals surface area contributed by atoms with Crippen molar-refractivity contribution < 1.29 is 14.3 Å². The minimum atomic E-state index is -0.416. The highest BCUT2D eigenvalue weighted by molar-refractivity contribution is 8.00. The molecule has 6 nitrogen and oxygen atoms in total. The molecule has 0 bridgehead atoms. The molecule has 32 heavy (non-hydrogen) atoms. The van der Waals surface area contributed by atoms with E-state index in [4.69, 9.17) is 4.74 Å². The summed E-state index contributed by atoms with van der Waals surface area (Å²) in [6, 6.07) is 10.1. The van der Waals surface area contributed by atoms with Gasteiger partial charge in [-0.25, -0.2) is 14.8 Å². The van der Waals surface area contributed by atoms with Crippen LogP contribution in [0.5, 0.6) is 0 Å². The molecule has 4 rings (SSSR count). The third kappa shape index (κ3) is 4.55. The van der Waals surface area contributed by atoms with Crippen molar-refractivity contribution in [3.63, 3.8) is 0 Å². The highest BCUT2D eigenvalue weighted by atomic mass is 32.2. The molecule has 3 heterocycles. The number of carbonyl (C=O) groups is 2. The Labute approximate surface area is 198 Å². The summed E-state index contributed by atoms with van der Waals surface area (Å²) in [6.07, 6.45) is 1.53. The Hall–Kier alpha value is -2.75. The number of aryl methyl sites for hydroxylation is 1. The smallest absolute Gasteiger partial charge is 0.341 e. The number of ether oxygens (including phenoxy) is 1. The Morgan fingerprint density at radius 2 is 1.94 bits per heavy atom. The van der Waals surface area contributed by atoms with E-state index in [1.54, 1.807) is 18.3 Å². The fourth-order valence-corrected chi connectivity index (χ4v) is 6.11. The van der Waals surface area contributed by atoms with Crippen LogP contribution in [0.25, 0.3) is 21.3 Å². The summed E-state index contributed by atoms with van der Waals surface area (Å²) in [7, 11) is 0.